The maximum absolute atomic E-state index is 12.3. The van der Waals surface area contributed by atoms with E-state index in [-0.39, 0.29) is 5.91 Å². The third-order valence-corrected chi connectivity index (χ3v) is 3.43. The zero-order valence-electron chi connectivity index (χ0n) is 12.2. The molecule has 4 heteroatoms. The third kappa shape index (κ3) is 4.31. The Bertz CT molecular complexity index is 640. The molecule has 2 aromatic carbocycles. The Morgan fingerprint density at radius 1 is 1.19 bits per heavy atom. The predicted octanol–water partition coefficient (Wildman–Crippen LogP) is 4.01. The van der Waals surface area contributed by atoms with E-state index in [0.29, 0.717) is 10.6 Å². The molecule has 0 spiro atoms. The maximum Gasteiger partial charge on any atom is 0.255 e. The zero-order chi connectivity index (χ0) is 15.2. The highest BCUT2D eigenvalue weighted by Gasteiger charge is 2.09. The van der Waals surface area contributed by atoms with Gasteiger partial charge in [-0.1, -0.05) is 30.7 Å². The summed E-state index contributed by atoms with van der Waals surface area (Å²) < 4.78 is 0. The van der Waals surface area contributed by atoms with Gasteiger partial charge >= 0.3 is 0 Å². The van der Waals surface area contributed by atoms with Crippen molar-refractivity contribution in [1.82, 2.24) is 5.32 Å². The maximum atomic E-state index is 12.3. The van der Waals surface area contributed by atoms with Crippen LogP contribution in [0.5, 0.6) is 0 Å². The van der Waals surface area contributed by atoms with Crippen molar-refractivity contribution in [2.45, 2.75) is 20.4 Å². The minimum Gasteiger partial charge on any atom is -0.322 e. The average Bonchev–Trinajstić information content (AvgIpc) is 2.45. The number of rotatable bonds is 5. The molecule has 0 atom stereocenters. The standard InChI is InChI=1S/C17H19ClN2O/c1-3-19-11-13-5-4-6-15(10-13)20-17(21)16-8-7-14(18)9-12(16)2/h4-10,19H,3,11H2,1-2H3,(H,20,21). The van der Waals surface area contributed by atoms with Gasteiger partial charge in [-0.25, -0.2) is 0 Å². The van der Waals surface area contributed by atoms with E-state index >= 15 is 0 Å². The smallest absolute Gasteiger partial charge is 0.255 e. The Hall–Kier alpha value is -1.84. The summed E-state index contributed by atoms with van der Waals surface area (Å²) in [6, 6.07) is 13.1. The summed E-state index contributed by atoms with van der Waals surface area (Å²) in [5.41, 5.74) is 3.44. The lowest BCUT2D eigenvalue weighted by Gasteiger charge is -2.10. The molecule has 0 bridgehead atoms. The van der Waals surface area contributed by atoms with Gasteiger partial charge in [0.25, 0.3) is 5.91 Å². The van der Waals surface area contributed by atoms with Crippen LogP contribution >= 0.6 is 11.6 Å². The topological polar surface area (TPSA) is 41.1 Å². The van der Waals surface area contributed by atoms with Gasteiger partial charge in [-0.2, -0.15) is 0 Å². The molecule has 2 N–H and O–H groups in total. The summed E-state index contributed by atoms with van der Waals surface area (Å²) in [4.78, 5) is 12.3. The first-order valence-electron chi connectivity index (χ1n) is 6.97. The lowest BCUT2D eigenvalue weighted by Crippen LogP contribution is -2.14. The quantitative estimate of drug-likeness (QED) is 0.876. The molecule has 0 aromatic heterocycles. The Balaban J connectivity index is 2.12. The highest BCUT2D eigenvalue weighted by atomic mass is 35.5. The van der Waals surface area contributed by atoms with Crippen molar-refractivity contribution >= 4 is 23.2 Å². The lowest BCUT2D eigenvalue weighted by atomic mass is 10.1. The molecule has 0 aliphatic heterocycles. The molecule has 21 heavy (non-hydrogen) atoms. The summed E-state index contributed by atoms with van der Waals surface area (Å²) in [6.07, 6.45) is 0. The van der Waals surface area contributed by atoms with E-state index in [1.807, 2.05) is 31.2 Å². The molecule has 2 rings (SSSR count). The van der Waals surface area contributed by atoms with Gasteiger partial charge in [-0.15, -0.1) is 0 Å². The number of hydrogen-bond donors (Lipinski definition) is 2. The van der Waals surface area contributed by atoms with E-state index in [1.54, 1.807) is 18.2 Å². The Labute approximate surface area is 130 Å². The molecule has 3 nitrogen and oxygen atoms in total. The van der Waals surface area contributed by atoms with Crippen LogP contribution in [0, 0.1) is 6.92 Å². The largest absolute Gasteiger partial charge is 0.322 e. The van der Waals surface area contributed by atoms with E-state index in [2.05, 4.69) is 17.6 Å². The molecule has 0 radical (unpaired) electrons. The first-order valence-corrected chi connectivity index (χ1v) is 7.35. The molecular formula is C17H19ClN2O. The molecule has 0 aliphatic rings. The van der Waals surface area contributed by atoms with E-state index in [9.17, 15) is 4.79 Å². The molecular weight excluding hydrogens is 284 g/mol. The van der Waals surface area contributed by atoms with E-state index in [0.717, 1.165) is 29.9 Å². The van der Waals surface area contributed by atoms with Gasteiger partial charge in [0.15, 0.2) is 0 Å². The van der Waals surface area contributed by atoms with Gasteiger partial charge < -0.3 is 10.6 Å². The fourth-order valence-corrected chi connectivity index (χ4v) is 2.34. The number of amides is 1. The fraction of sp³-hybridized carbons (Fsp3) is 0.235. The lowest BCUT2D eigenvalue weighted by molar-refractivity contribution is 0.102. The number of nitrogens with one attached hydrogen (secondary N) is 2. The van der Waals surface area contributed by atoms with Crippen LogP contribution in [0.15, 0.2) is 42.5 Å². The predicted molar refractivity (Wildman–Crippen MR) is 88.0 cm³/mol. The number of hydrogen-bond acceptors (Lipinski definition) is 2. The molecule has 0 unspecified atom stereocenters. The van der Waals surface area contributed by atoms with E-state index in [1.165, 1.54) is 0 Å². The molecule has 2 aromatic rings. The van der Waals surface area contributed by atoms with Gasteiger partial charge in [0.05, 0.1) is 0 Å². The van der Waals surface area contributed by atoms with Crippen LogP contribution in [0.1, 0.15) is 28.4 Å². The van der Waals surface area contributed by atoms with Crippen molar-refractivity contribution in [1.29, 1.82) is 0 Å². The van der Waals surface area contributed by atoms with Crippen molar-refractivity contribution in [3.8, 4) is 0 Å². The van der Waals surface area contributed by atoms with Crippen molar-refractivity contribution in [3.63, 3.8) is 0 Å². The molecule has 0 aliphatic carbocycles. The first kappa shape index (κ1) is 15.5. The second kappa shape index (κ2) is 7.25. The Kier molecular flexibility index (Phi) is 5.37. The van der Waals surface area contributed by atoms with Crippen LogP contribution < -0.4 is 10.6 Å². The highest BCUT2D eigenvalue weighted by molar-refractivity contribution is 6.30. The van der Waals surface area contributed by atoms with Gasteiger partial charge in [-0.05, 0) is 54.9 Å². The van der Waals surface area contributed by atoms with Crippen molar-refractivity contribution in [3.05, 3.63) is 64.2 Å². The minimum atomic E-state index is -0.121. The molecule has 110 valence electrons. The average molecular weight is 303 g/mol. The molecule has 1 amide bonds. The number of aryl methyl sites for hydroxylation is 1. The fourth-order valence-electron chi connectivity index (χ4n) is 2.11. The van der Waals surface area contributed by atoms with Crippen molar-refractivity contribution in [2.24, 2.45) is 0 Å². The number of carbonyl (C=O) groups excluding carboxylic acids is 1. The normalized spacial score (nSPS) is 10.4. The minimum absolute atomic E-state index is 0.121. The monoisotopic (exact) mass is 302 g/mol. The first-order chi connectivity index (χ1) is 10.1. The van der Waals surface area contributed by atoms with Crippen LogP contribution in [0.3, 0.4) is 0 Å². The summed E-state index contributed by atoms with van der Waals surface area (Å²) in [5.74, 6) is -0.121. The van der Waals surface area contributed by atoms with E-state index < -0.39 is 0 Å². The van der Waals surface area contributed by atoms with Gasteiger partial charge in [0.1, 0.15) is 0 Å². The Morgan fingerprint density at radius 3 is 2.71 bits per heavy atom. The second-order valence-corrected chi connectivity index (χ2v) is 5.33. The van der Waals surface area contributed by atoms with Gasteiger partial charge in [0, 0.05) is 22.8 Å². The van der Waals surface area contributed by atoms with Gasteiger partial charge in [0.2, 0.25) is 0 Å². The molecule has 0 saturated carbocycles. The third-order valence-electron chi connectivity index (χ3n) is 3.20. The number of halogens is 1. The molecule has 0 fully saturated rings. The van der Waals surface area contributed by atoms with Crippen LogP contribution in [-0.2, 0) is 6.54 Å². The summed E-state index contributed by atoms with van der Waals surface area (Å²) >= 11 is 5.91. The number of benzene rings is 2. The molecule has 0 heterocycles. The SMILES string of the molecule is CCNCc1cccc(NC(=O)c2ccc(Cl)cc2C)c1. The summed E-state index contributed by atoms with van der Waals surface area (Å²) in [5, 5.41) is 6.83. The zero-order valence-corrected chi connectivity index (χ0v) is 13.0. The van der Waals surface area contributed by atoms with Crippen LogP contribution in [0.25, 0.3) is 0 Å². The molecule has 0 saturated heterocycles. The number of anilines is 1. The van der Waals surface area contributed by atoms with Gasteiger partial charge in [-0.3, -0.25) is 4.79 Å². The van der Waals surface area contributed by atoms with Crippen LogP contribution in [0.4, 0.5) is 5.69 Å². The van der Waals surface area contributed by atoms with Crippen LogP contribution in [0.2, 0.25) is 5.02 Å². The van der Waals surface area contributed by atoms with Crippen molar-refractivity contribution in [2.75, 3.05) is 11.9 Å². The van der Waals surface area contributed by atoms with Crippen LogP contribution in [-0.4, -0.2) is 12.5 Å². The van der Waals surface area contributed by atoms with E-state index in [4.69, 9.17) is 11.6 Å². The highest BCUT2D eigenvalue weighted by Crippen LogP contribution is 2.17. The number of carbonyl (C=O) groups is 1. The van der Waals surface area contributed by atoms with Crippen molar-refractivity contribution < 1.29 is 4.79 Å². The second-order valence-electron chi connectivity index (χ2n) is 4.89. The summed E-state index contributed by atoms with van der Waals surface area (Å²) in [6.45, 7) is 5.65. The summed E-state index contributed by atoms with van der Waals surface area (Å²) in [7, 11) is 0. The Morgan fingerprint density at radius 2 is 2.00 bits per heavy atom.